The first-order chi connectivity index (χ1) is 8.63. The van der Waals surface area contributed by atoms with E-state index in [9.17, 15) is 0 Å². The Bertz CT molecular complexity index is 425. The second-order valence-corrected chi connectivity index (χ2v) is 5.19. The van der Waals surface area contributed by atoms with Gasteiger partial charge in [-0.2, -0.15) is 0 Å². The average molecular weight is 270 g/mol. The van der Waals surface area contributed by atoms with Gasteiger partial charge in [0.15, 0.2) is 11.0 Å². The molecule has 0 radical (unpaired) electrons. The Morgan fingerprint density at radius 3 is 2.83 bits per heavy atom. The van der Waals surface area contributed by atoms with Gasteiger partial charge in [-0.05, 0) is 37.8 Å². The van der Waals surface area contributed by atoms with Crippen LogP contribution < -0.4 is 5.32 Å². The highest BCUT2D eigenvalue weighted by molar-refractivity contribution is 6.30. The monoisotopic (exact) mass is 269 g/mol. The molecule has 2 rings (SSSR count). The summed E-state index contributed by atoms with van der Waals surface area (Å²) in [6, 6.07) is 0. The number of nitrogens with one attached hydrogen (secondary N) is 1. The Balaban J connectivity index is 2.00. The Labute approximate surface area is 113 Å². The van der Waals surface area contributed by atoms with Gasteiger partial charge in [-0.1, -0.05) is 18.5 Å². The van der Waals surface area contributed by atoms with Crippen molar-refractivity contribution in [3.05, 3.63) is 16.3 Å². The predicted octanol–water partition coefficient (Wildman–Crippen LogP) is 2.97. The molecule has 1 aliphatic heterocycles. The van der Waals surface area contributed by atoms with Crippen LogP contribution in [-0.4, -0.2) is 29.5 Å². The lowest BCUT2D eigenvalue weighted by Crippen LogP contribution is -2.23. The molecule has 1 fully saturated rings. The van der Waals surface area contributed by atoms with E-state index in [1.807, 2.05) is 13.8 Å². The van der Waals surface area contributed by atoms with E-state index in [-0.39, 0.29) is 0 Å². The van der Waals surface area contributed by atoms with Crippen LogP contribution in [0.1, 0.15) is 30.9 Å². The van der Waals surface area contributed by atoms with Crippen LogP contribution in [0.15, 0.2) is 0 Å². The van der Waals surface area contributed by atoms with E-state index in [4.69, 9.17) is 16.3 Å². The molecule has 4 nitrogen and oxygen atoms in total. The Hall–Kier alpha value is -0.870. The summed E-state index contributed by atoms with van der Waals surface area (Å²) in [5.74, 6) is 1.39. The number of hydrogen-bond donors (Lipinski definition) is 1. The fraction of sp³-hybridized carbons (Fsp3) is 0.692. The molecule has 0 spiro atoms. The molecule has 5 heteroatoms. The van der Waals surface area contributed by atoms with Crippen molar-refractivity contribution in [3.8, 4) is 0 Å². The standard InChI is InChI=1S/C13H20ClN3O/c1-4-11-10(5-6-18-11)7-15-13-9(3)8(2)12(14)16-17-13/h10-11H,4-7H2,1-3H3,(H,15,17). The number of rotatable bonds is 4. The lowest BCUT2D eigenvalue weighted by atomic mass is 9.99. The van der Waals surface area contributed by atoms with E-state index in [0.717, 1.165) is 42.9 Å². The first-order valence-electron chi connectivity index (χ1n) is 6.48. The highest BCUT2D eigenvalue weighted by Gasteiger charge is 2.26. The zero-order valence-corrected chi connectivity index (χ0v) is 11.9. The lowest BCUT2D eigenvalue weighted by molar-refractivity contribution is 0.0900. The minimum absolute atomic E-state index is 0.374. The second-order valence-electron chi connectivity index (χ2n) is 4.84. The molecular formula is C13H20ClN3O. The minimum Gasteiger partial charge on any atom is -0.378 e. The van der Waals surface area contributed by atoms with Gasteiger partial charge in [0.1, 0.15) is 0 Å². The molecule has 0 bridgehead atoms. The maximum Gasteiger partial charge on any atom is 0.155 e. The van der Waals surface area contributed by atoms with E-state index in [0.29, 0.717) is 17.2 Å². The number of halogens is 1. The van der Waals surface area contributed by atoms with Crippen LogP contribution in [0.25, 0.3) is 0 Å². The molecule has 0 aliphatic carbocycles. The van der Waals surface area contributed by atoms with Crippen LogP contribution >= 0.6 is 11.6 Å². The molecular weight excluding hydrogens is 250 g/mol. The quantitative estimate of drug-likeness (QED) is 0.913. The first kappa shape index (κ1) is 13.6. The second kappa shape index (κ2) is 5.85. The predicted molar refractivity (Wildman–Crippen MR) is 73.1 cm³/mol. The van der Waals surface area contributed by atoms with Crippen LogP contribution in [-0.2, 0) is 4.74 Å². The number of anilines is 1. The summed E-state index contributed by atoms with van der Waals surface area (Å²) >= 11 is 5.94. The van der Waals surface area contributed by atoms with Gasteiger partial charge >= 0.3 is 0 Å². The summed E-state index contributed by atoms with van der Waals surface area (Å²) in [6.07, 6.45) is 2.56. The number of hydrogen-bond acceptors (Lipinski definition) is 4. The largest absolute Gasteiger partial charge is 0.378 e. The summed E-state index contributed by atoms with van der Waals surface area (Å²) in [5.41, 5.74) is 2.06. The van der Waals surface area contributed by atoms with Crippen molar-refractivity contribution in [3.63, 3.8) is 0 Å². The maximum atomic E-state index is 5.94. The molecule has 100 valence electrons. The van der Waals surface area contributed by atoms with Crippen molar-refractivity contribution < 1.29 is 4.74 Å². The van der Waals surface area contributed by atoms with Crippen LogP contribution in [0.2, 0.25) is 5.15 Å². The molecule has 1 saturated heterocycles. The topological polar surface area (TPSA) is 47.0 Å². The number of nitrogens with zero attached hydrogens (tertiary/aromatic N) is 2. The van der Waals surface area contributed by atoms with E-state index < -0.39 is 0 Å². The molecule has 0 aromatic carbocycles. The molecule has 0 saturated carbocycles. The highest BCUT2D eigenvalue weighted by Crippen LogP contribution is 2.25. The first-order valence-corrected chi connectivity index (χ1v) is 6.86. The zero-order chi connectivity index (χ0) is 13.1. The molecule has 1 aromatic heterocycles. The molecule has 18 heavy (non-hydrogen) atoms. The smallest absolute Gasteiger partial charge is 0.155 e. The van der Waals surface area contributed by atoms with Crippen LogP contribution in [0.4, 0.5) is 5.82 Å². The van der Waals surface area contributed by atoms with Gasteiger partial charge in [-0.25, -0.2) is 0 Å². The summed E-state index contributed by atoms with van der Waals surface area (Å²) < 4.78 is 5.68. The van der Waals surface area contributed by atoms with Gasteiger partial charge in [0, 0.05) is 19.1 Å². The van der Waals surface area contributed by atoms with Crippen LogP contribution in [0.3, 0.4) is 0 Å². The van der Waals surface area contributed by atoms with E-state index >= 15 is 0 Å². The van der Waals surface area contributed by atoms with Crippen LogP contribution in [0, 0.1) is 19.8 Å². The van der Waals surface area contributed by atoms with Crippen molar-refractivity contribution in [2.75, 3.05) is 18.5 Å². The molecule has 2 atom stereocenters. The fourth-order valence-corrected chi connectivity index (χ4v) is 2.53. The van der Waals surface area contributed by atoms with Gasteiger partial charge in [-0.15, -0.1) is 10.2 Å². The van der Waals surface area contributed by atoms with Crippen molar-refractivity contribution in [1.29, 1.82) is 0 Å². The van der Waals surface area contributed by atoms with Gasteiger partial charge in [0.25, 0.3) is 0 Å². The third-order valence-electron chi connectivity index (χ3n) is 3.75. The maximum absolute atomic E-state index is 5.94. The van der Waals surface area contributed by atoms with E-state index in [2.05, 4.69) is 22.4 Å². The minimum atomic E-state index is 0.374. The summed E-state index contributed by atoms with van der Waals surface area (Å²) in [4.78, 5) is 0. The normalized spacial score (nSPS) is 23.3. The van der Waals surface area contributed by atoms with Crippen LogP contribution in [0.5, 0.6) is 0 Å². The number of ether oxygens (including phenoxy) is 1. The Morgan fingerprint density at radius 1 is 1.33 bits per heavy atom. The highest BCUT2D eigenvalue weighted by atomic mass is 35.5. The molecule has 2 unspecified atom stereocenters. The fourth-order valence-electron chi connectivity index (χ4n) is 2.35. The van der Waals surface area contributed by atoms with Crippen molar-refractivity contribution in [2.24, 2.45) is 5.92 Å². The Kier molecular flexibility index (Phi) is 4.40. The zero-order valence-electron chi connectivity index (χ0n) is 11.2. The van der Waals surface area contributed by atoms with Crippen molar-refractivity contribution >= 4 is 17.4 Å². The SMILES string of the molecule is CCC1OCCC1CNc1nnc(Cl)c(C)c1C. The molecule has 1 N–H and O–H groups in total. The molecule has 1 aromatic rings. The van der Waals surface area contributed by atoms with Gasteiger partial charge in [-0.3, -0.25) is 0 Å². The van der Waals surface area contributed by atoms with E-state index in [1.54, 1.807) is 0 Å². The summed E-state index contributed by atoms with van der Waals surface area (Å²) in [7, 11) is 0. The average Bonchev–Trinajstić information content (AvgIpc) is 2.82. The van der Waals surface area contributed by atoms with E-state index in [1.165, 1.54) is 0 Å². The lowest BCUT2D eigenvalue weighted by Gasteiger charge is -2.18. The molecule has 1 aliphatic rings. The van der Waals surface area contributed by atoms with Gasteiger partial charge in [0.2, 0.25) is 0 Å². The summed E-state index contributed by atoms with van der Waals surface area (Å²) in [6.45, 7) is 7.90. The van der Waals surface area contributed by atoms with Crippen molar-refractivity contribution in [1.82, 2.24) is 10.2 Å². The van der Waals surface area contributed by atoms with Gasteiger partial charge in [0.05, 0.1) is 6.10 Å². The third kappa shape index (κ3) is 2.75. The number of aromatic nitrogens is 2. The van der Waals surface area contributed by atoms with Gasteiger partial charge < -0.3 is 10.1 Å². The molecule has 0 amide bonds. The Morgan fingerprint density at radius 2 is 2.11 bits per heavy atom. The molecule has 2 heterocycles. The van der Waals surface area contributed by atoms with Crippen molar-refractivity contribution in [2.45, 2.75) is 39.7 Å². The summed E-state index contributed by atoms with van der Waals surface area (Å²) in [5, 5.41) is 11.9. The third-order valence-corrected chi connectivity index (χ3v) is 4.10.